The van der Waals surface area contributed by atoms with Crippen molar-refractivity contribution in [2.24, 2.45) is 7.05 Å². The average Bonchev–Trinajstić information content (AvgIpc) is 3.17. The lowest BCUT2D eigenvalue weighted by Gasteiger charge is -2.11. The number of phenols is 1. The zero-order chi connectivity index (χ0) is 17.3. The second-order valence-corrected chi connectivity index (χ2v) is 6.42. The summed E-state index contributed by atoms with van der Waals surface area (Å²) in [6.07, 6.45) is 3.33. The van der Waals surface area contributed by atoms with Gasteiger partial charge in [-0.05, 0) is 25.5 Å². The van der Waals surface area contributed by atoms with Crippen LogP contribution in [0.15, 0.2) is 30.6 Å². The molecule has 0 atom stereocenters. The van der Waals surface area contributed by atoms with Crippen LogP contribution in [0.4, 0.5) is 16.6 Å². The molecule has 0 fully saturated rings. The van der Waals surface area contributed by atoms with Crippen LogP contribution in [-0.2, 0) is 7.05 Å². The molecule has 3 rings (SSSR count). The van der Waals surface area contributed by atoms with Crippen LogP contribution in [0.2, 0.25) is 0 Å². The summed E-state index contributed by atoms with van der Waals surface area (Å²) in [5.41, 5.74) is 2.14. The van der Waals surface area contributed by atoms with Gasteiger partial charge in [-0.2, -0.15) is 5.10 Å². The van der Waals surface area contributed by atoms with Crippen LogP contribution in [0.3, 0.4) is 0 Å². The lowest BCUT2D eigenvalue weighted by atomic mass is 10.1. The van der Waals surface area contributed by atoms with Crippen LogP contribution in [0.5, 0.6) is 5.75 Å². The Kier molecular flexibility index (Phi) is 4.22. The van der Waals surface area contributed by atoms with E-state index >= 15 is 0 Å². The van der Waals surface area contributed by atoms with E-state index in [-0.39, 0.29) is 11.7 Å². The zero-order valence-corrected chi connectivity index (χ0v) is 14.3. The van der Waals surface area contributed by atoms with Crippen LogP contribution in [0.1, 0.15) is 20.8 Å². The summed E-state index contributed by atoms with van der Waals surface area (Å²) in [7, 11) is 1.83. The molecule has 0 unspecified atom stereocenters. The maximum atomic E-state index is 12.4. The number of carbonyl (C=O) groups excluding carboxylic acids is 1. The van der Waals surface area contributed by atoms with Crippen molar-refractivity contribution < 1.29 is 9.90 Å². The molecule has 3 N–H and O–H groups in total. The van der Waals surface area contributed by atoms with Crippen LogP contribution < -0.4 is 10.6 Å². The lowest BCUT2D eigenvalue weighted by Crippen LogP contribution is -2.12. The second-order valence-electron chi connectivity index (χ2n) is 5.39. The minimum atomic E-state index is -0.265. The first-order valence-corrected chi connectivity index (χ1v) is 8.08. The fraction of sp³-hybridized carbons (Fsp3) is 0.188. The maximum Gasteiger partial charge on any atom is 0.267 e. The van der Waals surface area contributed by atoms with Crippen molar-refractivity contribution >= 4 is 33.9 Å². The molecular formula is C16H17N5O2S. The fourth-order valence-corrected chi connectivity index (χ4v) is 2.95. The van der Waals surface area contributed by atoms with Crippen molar-refractivity contribution in [2.45, 2.75) is 13.8 Å². The van der Waals surface area contributed by atoms with Crippen LogP contribution in [-0.4, -0.2) is 25.8 Å². The summed E-state index contributed by atoms with van der Waals surface area (Å²) in [5.74, 6) is 0.551. The van der Waals surface area contributed by atoms with Crippen LogP contribution in [0, 0.1) is 13.8 Å². The summed E-state index contributed by atoms with van der Waals surface area (Å²) < 4.78 is 1.68. The Morgan fingerprint density at radius 3 is 2.79 bits per heavy atom. The topological polar surface area (TPSA) is 92.1 Å². The van der Waals surface area contributed by atoms with E-state index in [0.29, 0.717) is 27.1 Å². The van der Waals surface area contributed by atoms with Crippen molar-refractivity contribution in [2.75, 3.05) is 10.6 Å². The standard InChI is InChI=1S/C16H17N5O2S/c1-9-4-5-11(22)10(2)14(9)19-15(23)12-8-17-16(24-12)18-13-6-7-21(3)20-13/h4-8,22H,1-3H3,(H,19,23)(H,17,18,20). The highest BCUT2D eigenvalue weighted by atomic mass is 32.1. The molecule has 0 aliphatic rings. The highest BCUT2D eigenvalue weighted by Crippen LogP contribution is 2.29. The number of aryl methyl sites for hydroxylation is 2. The van der Waals surface area contributed by atoms with Gasteiger partial charge in [0.05, 0.1) is 11.9 Å². The third-order valence-corrected chi connectivity index (χ3v) is 4.47. The van der Waals surface area contributed by atoms with Crippen LogP contribution >= 0.6 is 11.3 Å². The van der Waals surface area contributed by atoms with Gasteiger partial charge in [0, 0.05) is 24.9 Å². The molecule has 2 heterocycles. The number of phenolic OH excluding ortho intramolecular Hbond substituents is 1. The number of carbonyl (C=O) groups is 1. The molecule has 3 aromatic rings. The minimum Gasteiger partial charge on any atom is -0.508 e. The number of anilines is 3. The zero-order valence-electron chi connectivity index (χ0n) is 13.5. The fourth-order valence-electron chi connectivity index (χ4n) is 2.23. The third kappa shape index (κ3) is 3.23. The smallest absolute Gasteiger partial charge is 0.267 e. The molecule has 124 valence electrons. The van der Waals surface area contributed by atoms with Crippen molar-refractivity contribution in [3.8, 4) is 5.75 Å². The summed E-state index contributed by atoms with van der Waals surface area (Å²) in [5, 5.41) is 20.5. The molecule has 0 aliphatic heterocycles. The Morgan fingerprint density at radius 1 is 1.29 bits per heavy atom. The monoisotopic (exact) mass is 343 g/mol. The molecule has 0 saturated carbocycles. The number of hydrogen-bond donors (Lipinski definition) is 3. The Labute approximate surface area is 143 Å². The summed E-state index contributed by atoms with van der Waals surface area (Å²) in [6, 6.07) is 5.20. The van der Waals surface area contributed by atoms with E-state index in [1.165, 1.54) is 17.5 Å². The largest absolute Gasteiger partial charge is 0.508 e. The normalized spacial score (nSPS) is 10.6. The SMILES string of the molecule is Cc1ccc(O)c(C)c1NC(=O)c1cnc(Nc2ccn(C)n2)s1. The van der Waals surface area contributed by atoms with Gasteiger partial charge >= 0.3 is 0 Å². The molecule has 2 aromatic heterocycles. The van der Waals surface area contributed by atoms with Gasteiger partial charge in [0.2, 0.25) is 0 Å². The third-order valence-electron chi connectivity index (χ3n) is 3.56. The molecule has 24 heavy (non-hydrogen) atoms. The lowest BCUT2D eigenvalue weighted by molar-refractivity contribution is 0.103. The van der Waals surface area contributed by atoms with Crippen LogP contribution in [0.25, 0.3) is 0 Å². The molecular weight excluding hydrogens is 326 g/mol. The molecule has 0 radical (unpaired) electrons. The van der Waals surface area contributed by atoms with E-state index in [2.05, 4.69) is 20.7 Å². The predicted molar refractivity (Wildman–Crippen MR) is 94.1 cm³/mol. The van der Waals surface area contributed by atoms with Crippen molar-refractivity contribution in [1.82, 2.24) is 14.8 Å². The summed E-state index contributed by atoms with van der Waals surface area (Å²) in [4.78, 5) is 17.1. The second kappa shape index (κ2) is 6.32. The number of thiazole rings is 1. The first kappa shape index (κ1) is 16.0. The molecule has 1 aromatic carbocycles. The van der Waals surface area contributed by atoms with Gasteiger partial charge in [-0.1, -0.05) is 17.4 Å². The molecule has 8 heteroatoms. The highest BCUT2D eigenvalue weighted by molar-refractivity contribution is 7.17. The predicted octanol–water partition coefficient (Wildman–Crippen LogP) is 3.19. The van der Waals surface area contributed by atoms with Gasteiger partial charge in [-0.15, -0.1) is 0 Å². The Hall–Kier alpha value is -2.87. The quantitative estimate of drug-likeness (QED) is 0.676. The minimum absolute atomic E-state index is 0.151. The van der Waals surface area contributed by atoms with Gasteiger partial charge in [0.1, 0.15) is 10.6 Å². The number of amides is 1. The van der Waals surface area contributed by atoms with E-state index in [9.17, 15) is 9.90 Å². The molecule has 7 nitrogen and oxygen atoms in total. The number of benzene rings is 1. The Balaban J connectivity index is 1.76. The Bertz CT molecular complexity index is 900. The Morgan fingerprint density at radius 2 is 2.08 bits per heavy atom. The van der Waals surface area contributed by atoms with Gasteiger partial charge in [-0.3, -0.25) is 9.48 Å². The van der Waals surface area contributed by atoms with Crippen molar-refractivity contribution in [3.63, 3.8) is 0 Å². The molecule has 1 amide bonds. The molecule has 0 spiro atoms. The number of nitrogens with one attached hydrogen (secondary N) is 2. The van der Waals surface area contributed by atoms with Gasteiger partial charge in [-0.25, -0.2) is 4.98 Å². The average molecular weight is 343 g/mol. The van der Waals surface area contributed by atoms with Gasteiger partial charge in [0.25, 0.3) is 5.91 Å². The van der Waals surface area contributed by atoms with Crippen molar-refractivity contribution in [3.05, 3.63) is 46.6 Å². The number of rotatable bonds is 4. The highest BCUT2D eigenvalue weighted by Gasteiger charge is 2.15. The first-order valence-electron chi connectivity index (χ1n) is 7.27. The van der Waals surface area contributed by atoms with E-state index in [1.807, 2.05) is 26.2 Å². The summed E-state index contributed by atoms with van der Waals surface area (Å²) in [6.45, 7) is 3.64. The number of aromatic hydroxyl groups is 1. The van der Waals surface area contributed by atoms with E-state index in [4.69, 9.17) is 0 Å². The summed E-state index contributed by atoms with van der Waals surface area (Å²) >= 11 is 1.23. The van der Waals surface area contributed by atoms with Gasteiger partial charge in [0.15, 0.2) is 10.9 Å². The first-order chi connectivity index (χ1) is 11.4. The van der Waals surface area contributed by atoms with Gasteiger partial charge < -0.3 is 15.7 Å². The van der Waals surface area contributed by atoms with Crippen molar-refractivity contribution in [1.29, 1.82) is 0 Å². The number of hydrogen-bond acceptors (Lipinski definition) is 6. The number of nitrogens with zero attached hydrogens (tertiary/aromatic N) is 3. The maximum absolute atomic E-state index is 12.4. The molecule has 0 saturated heterocycles. The van der Waals surface area contributed by atoms with E-state index in [0.717, 1.165) is 5.56 Å². The molecule has 0 bridgehead atoms. The van der Waals surface area contributed by atoms with E-state index in [1.54, 1.807) is 23.7 Å². The van der Waals surface area contributed by atoms with E-state index < -0.39 is 0 Å². The molecule has 0 aliphatic carbocycles. The number of aromatic nitrogens is 3.